The Morgan fingerprint density at radius 3 is 1.13 bits per heavy atom. The van der Waals surface area contributed by atoms with Gasteiger partial charge in [-0.3, -0.25) is 0 Å². The van der Waals surface area contributed by atoms with Gasteiger partial charge in [0.15, 0.2) is 0 Å². The summed E-state index contributed by atoms with van der Waals surface area (Å²) >= 11 is 0. The molecule has 0 radical (unpaired) electrons. The van der Waals surface area contributed by atoms with Crippen LogP contribution >= 0.6 is 0 Å². The largest absolute Gasteiger partial charge is 0.0991 e. The third-order valence-electron chi connectivity index (χ3n) is 1.28. The predicted molar refractivity (Wildman–Crippen MR) is 77.1 cm³/mol. The first-order valence-corrected chi connectivity index (χ1v) is 3.68. The van der Waals surface area contributed by atoms with Crippen LogP contribution in [0, 0.1) is 0 Å². The fraction of sp³-hybridized carbons (Fsp3) is 0.200. The highest BCUT2D eigenvalue weighted by molar-refractivity contribution is 5.43. The van der Waals surface area contributed by atoms with Gasteiger partial charge >= 0.3 is 0 Å². The summed E-state index contributed by atoms with van der Waals surface area (Å²) < 4.78 is 0. The molecule has 0 heterocycles. The maximum Gasteiger partial charge on any atom is -0.0262 e. The molecule has 0 heteroatoms. The number of hydrogen-bond acceptors (Lipinski definition) is 0. The van der Waals surface area contributed by atoms with E-state index >= 15 is 0 Å². The van der Waals surface area contributed by atoms with Gasteiger partial charge in [0.2, 0.25) is 0 Å². The van der Waals surface area contributed by atoms with Gasteiger partial charge in [-0.05, 0) is 11.1 Å². The van der Waals surface area contributed by atoms with Crippen LogP contribution in [0.1, 0.15) is 22.3 Å². The molecule has 0 aromatic carbocycles. The van der Waals surface area contributed by atoms with E-state index < -0.39 is 0 Å². The molecule has 0 nitrogen and oxygen atoms in total. The molecule has 0 aromatic heterocycles. The van der Waals surface area contributed by atoms with Crippen LogP contribution in [0.15, 0.2) is 73.9 Å². The van der Waals surface area contributed by atoms with Gasteiger partial charge in [-0.1, -0.05) is 85.1 Å². The van der Waals surface area contributed by atoms with E-state index in [0.717, 1.165) is 11.1 Å². The van der Waals surface area contributed by atoms with E-state index in [2.05, 4.69) is 26.3 Å². The summed E-state index contributed by atoms with van der Waals surface area (Å²) in [4.78, 5) is 0. The van der Waals surface area contributed by atoms with Crippen LogP contribution in [0.5, 0.6) is 0 Å². The Labute approximate surface area is 96.7 Å². The summed E-state index contributed by atoms with van der Waals surface area (Å²) in [7, 11) is 0. The SMILES string of the molecule is C.C.C.C=C/C=C\C(=C)C(=C)/C=C\C=C. The van der Waals surface area contributed by atoms with Gasteiger partial charge in [0.25, 0.3) is 0 Å². The van der Waals surface area contributed by atoms with Crippen LogP contribution in [0.4, 0.5) is 0 Å². The van der Waals surface area contributed by atoms with Crippen LogP contribution < -0.4 is 0 Å². The van der Waals surface area contributed by atoms with Crippen molar-refractivity contribution in [2.24, 2.45) is 0 Å². The highest BCUT2D eigenvalue weighted by Gasteiger charge is 1.88. The molecule has 0 bridgehead atoms. The molecule has 0 aliphatic heterocycles. The van der Waals surface area contributed by atoms with Crippen molar-refractivity contribution in [3.05, 3.63) is 73.9 Å². The van der Waals surface area contributed by atoms with Crippen LogP contribution in [0.25, 0.3) is 0 Å². The average molecular weight is 206 g/mol. The normalized spacial score (nSPS) is 8.27. The third-order valence-corrected chi connectivity index (χ3v) is 1.28. The fourth-order valence-electron chi connectivity index (χ4n) is 0.582. The average Bonchev–Trinajstić information content (AvgIpc) is 2.10. The highest BCUT2D eigenvalue weighted by Crippen LogP contribution is 2.07. The summed E-state index contributed by atoms with van der Waals surface area (Å²) in [6, 6.07) is 0. The lowest BCUT2D eigenvalue weighted by Gasteiger charge is -1.96. The van der Waals surface area contributed by atoms with Crippen molar-refractivity contribution in [3.63, 3.8) is 0 Å². The molecule has 0 aliphatic carbocycles. The molecule has 0 amide bonds. The Bertz CT molecular complexity index is 221. The molecular weight excluding hydrogens is 180 g/mol. The van der Waals surface area contributed by atoms with E-state index in [0.29, 0.717) is 0 Å². The molecule has 86 valence electrons. The molecule has 0 rings (SSSR count). The minimum Gasteiger partial charge on any atom is -0.0991 e. The van der Waals surface area contributed by atoms with E-state index in [1.54, 1.807) is 12.2 Å². The summed E-state index contributed by atoms with van der Waals surface area (Å²) in [6.07, 6.45) is 10.8. The second-order valence-electron chi connectivity index (χ2n) is 2.24. The number of rotatable bonds is 5. The van der Waals surface area contributed by atoms with Crippen molar-refractivity contribution in [3.8, 4) is 0 Å². The van der Waals surface area contributed by atoms with Crippen LogP contribution in [-0.4, -0.2) is 0 Å². The number of hydrogen-bond donors (Lipinski definition) is 0. The lowest BCUT2D eigenvalue weighted by atomic mass is 10.1. The van der Waals surface area contributed by atoms with Crippen molar-refractivity contribution in [1.29, 1.82) is 0 Å². The quantitative estimate of drug-likeness (QED) is 0.522. The Hall–Kier alpha value is -1.56. The lowest BCUT2D eigenvalue weighted by molar-refractivity contribution is 1.60. The predicted octanol–water partition coefficient (Wildman–Crippen LogP) is 5.49. The second kappa shape index (κ2) is 14.9. The van der Waals surface area contributed by atoms with Crippen molar-refractivity contribution >= 4 is 0 Å². The van der Waals surface area contributed by atoms with Gasteiger partial charge in [0.05, 0.1) is 0 Å². The monoisotopic (exact) mass is 206 g/mol. The minimum absolute atomic E-state index is 0. The smallest absolute Gasteiger partial charge is 0.0262 e. The molecule has 0 saturated heterocycles. The summed E-state index contributed by atoms with van der Waals surface area (Å²) in [5.41, 5.74) is 1.76. The van der Waals surface area contributed by atoms with Gasteiger partial charge in [-0.2, -0.15) is 0 Å². The molecular formula is C15H26. The van der Waals surface area contributed by atoms with Gasteiger partial charge in [0, 0.05) is 0 Å². The van der Waals surface area contributed by atoms with Crippen LogP contribution in [0.2, 0.25) is 0 Å². The summed E-state index contributed by atoms with van der Waals surface area (Å²) in [5, 5.41) is 0. The lowest BCUT2D eigenvalue weighted by Crippen LogP contribution is -1.76. The van der Waals surface area contributed by atoms with E-state index in [1.165, 1.54) is 0 Å². The summed E-state index contributed by atoms with van der Waals surface area (Å²) in [6.45, 7) is 14.8. The molecule has 0 unspecified atom stereocenters. The molecule has 0 spiro atoms. The van der Waals surface area contributed by atoms with Crippen LogP contribution in [0.3, 0.4) is 0 Å². The standard InChI is InChI=1S/C12H14.3CH4/c1-5-7-9-11(3)12(4)10-8-6-2;;;/h5-10H,1-4H2;3*1H4/b9-7-,10-8-;;;. The van der Waals surface area contributed by atoms with Crippen molar-refractivity contribution in [2.75, 3.05) is 0 Å². The molecule has 0 fully saturated rings. The zero-order valence-electron chi connectivity index (χ0n) is 7.29. The van der Waals surface area contributed by atoms with E-state index in [4.69, 9.17) is 0 Å². The first-order chi connectivity index (χ1) is 5.72. The fourth-order valence-corrected chi connectivity index (χ4v) is 0.582. The van der Waals surface area contributed by atoms with Crippen molar-refractivity contribution in [2.45, 2.75) is 22.3 Å². The topological polar surface area (TPSA) is 0 Å². The number of allylic oxidation sites excluding steroid dienone is 8. The first-order valence-electron chi connectivity index (χ1n) is 3.68. The minimum atomic E-state index is 0. The highest BCUT2D eigenvalue weighted by atomic mass is 13.9. The Morgan fingerprint density at radius 2 is 0.933 bits per heavy atom. The van der Waals surface area contributed by atoms with E-state index in [1.807, 2.05) is 24.3 Å². The second-order valence-corrected chi connectivity index (χ2v) is 2.24. The molecule has 0 N–H and O–H groups in total. The van der Waals surface area contributed by atoms with Gasteiger partial charge < -0.3 is 0 Å². The zero-order valence-corrected chi connectivity index (χ0v) is 7.29. The molecule has 0 atom stereocenters. The Kier molecular flexibility index (Phi) is 23.2. The van der Waals surface area contributed by atoms with E-state index in [-0.39, 0.29) is 22.3 Å². The maximum atomic E-state index is 3.83. The van der Waals surface area contributed by atoms with Gasteiger partial charge in [-0.15, -0.1) is 0 Å². The van der Waals surface area contributed by atoms with E-state index in [9.17, 15) is 0 Å². The van der Waals surface area contributed by atoms with Crippen molar-refractivity contribution in [1.82, 2.24) is 0 Å². The first kappa shape index (κ1) is 23.3. The molecule has 0 aromatic rings. The van der Waals surface area contributed by atoms with Gasteiger partial charge in [-0.25, -0.2) is 0 Å². The van der Waals surface area contributed by atoms with Crippen molar-refractivity contribution < 1.29 is 0 Å². The molecule has 0 aliphatic rings. The van der Waals surface area contributed by atoms with Crippen LogP contribution in [-0.2, 0) is 0 Å². The zero-order chi connectivity index (χ0) is 9.40. The Balaban J connectivity index is -0.000000202. The maximum absolute atomic E-state index is 3.83. The van der Waals surface area contributed by atoms with Gasteiger partial charge in [0.1, 0.15) is 0 Å². The molecule has 15 heavy (non-hydrogen) atoms. The third kappa shape index (κ3) is 12.4. The summed E-state index contributed by atoms with van der Waals surface area (Å²) in [5.74, 6) is 0. The molecule has 0 saturated carbocycles. The Morgan fingerprint density at radius 1 is 0.667 bits per heavy atom.